The Morgan fingerprint density at radius 3 is 2.83 bits per heavy atom. The van der Waals surface area contributed by atoms with E-state index in [0.717, 1.165) is 10.2 Å². The van der Waals surface area contributed by atoms with Crippen LogP contribution in [-0.4, -0.2) is 15.9 Å². The molecule has 0 saturated heterocycles. The van der Waals surface area contributed by atoms with Crippen LogP contribution in [0.5, 0.6) is 0 Å². The second kappa shape index (κ2) is 6.75. The van der Waals surface area contributed by atoms with Crippen molar-refractivity contribution in [3.05, 3.63) is 69.2 Å². The number of rotatable bonds is 4. The first-order valence-corrected chi connectivity index (χ1v) is 7.94. The van der Waals surface area contributed by atoms with Gasteiger partial charge in [-0.05, 0) is 30.3 Å². The fourth-order valence-electron chi connectivity index (χ4n) is 2.27. The number of aryl methyl sites for hydroxylation is 1. The van der Waals surface area contributed by atoms with Crippen molar-refractivity contribution in [2.45, 2.75) is 12.8 Å². The highest BCUT2D eigenvalue weighted by Crippen LogP contribution is 2.16. The summed E-state index contributed by atoms with van der Waals surface area (Å²) in [5, 5.41) is 3.37. The fraction of sp³-hybridized carbons (Fsp3) is 0.118. The molecule has 3 rings (SSSR count). The Morgan fingerprint density at radius 1 is 1.17 bits per heavy atom. The fourth-order valence-corrected chi connectivity index (χ4v) is 2.67. The summed E-state index contributed by atoms with van der Waals surface area (Å²) in [6.45, 7) is 0. The first-order valence-electron chi connectivity index (χ1n) is 7.15. The highest BCUT2D eigenvalue weighted by molar-refractivity contribution is 9.10. The largest absolute Gasteiger partial charge is 0.326 e. The van der Waals surface area contributed by atoms with E-state index in [0.29, 0.717) is 23.1 Å². The molecule has 0 bridgehead atoms. The molecule has 116 valence electrons. The van der Waals surface area contributed by atoms with Crippen molar-refractivity contribution < 1.29 is 4.79 Å². The second-order valence-electron chi connectivity index (χ2n) is 5.09. The van der Waals surface area contributed by atoms with Gasteiger partial charge in [0.05, 0.1) is 10.9 Å². The number of anilines is 1. The number of hydrogen-bond donors (Lipinski definition) is 2. The van der Waals surface area contributed by atoms with Crippen molar-refractivity contribution >= 4 is 38.4 Å². The van der Waals surface area contributed by atoms with Gasteiger partial charge in [-0.15, -0.1) is 0 Å². The Kier molecular flexibility index (Phi) is 4.52. The van der Waals surface area contributed by atoms with Crippen molar-refractivity contribution in [3.63, 3.8) is 0 Å². The molecule has 23 heavy (non-hydrogen) atoms. The number of hydrogen-bond acceptors (Lipinski definition) is 3. The van der Waals surface area contributed by atoms with Crippen molar-refractivity contribution in [1.82, 2.24) is 9.97 Å². The predicted molar refractivity (Wildman–Crippen MR) is 93.5 cm³/mol. The number of amides is 1. The van der Waals surface area contributed by atoms with E-state index in [1.54, 1.807) is 18.2 Å². The number of aromatic nitrogens is 2. The SMILES string of the molecule is O=C(CCc1nc2ccccc2c(=O)[nH]1)Nc1cccc(Br)c1. The molecule has 1 amide bonds. The van der Waals surface area contributed by atoms with E-state index in [1.807, 2.05) is 30.3 Å². The first-order chi connectivity index (χ1) is 11.1. The third-order valence-electron chi connectivity index (χ3n) is 3.36. The van der Waals surface area contributed by atoms with Gasteiger partial charge in [-0.25, -0.2) is 4.98 Å². The van der Waals surface area contributed by atoms with Crippen LogP contribution in [0, 0.1) is 0 Å². The number of fused-ring (bicyclic) bond motifs is 1. The normalized spacial score (nSPS) is 10.7. The van der Waals surface area contributed by atoms with Crippen LogP contribution in [0.4, 0.5) is 5.69 Å². The Labute approximate surface area is 140 Å². The number of nitrogens with zero attached hydrogens (tertiary/aromatic N) is 1. The molecule has 3 aromatic rings. The lowest BCUT2D eigenvalue weighted by molar-refractivity contribution is -0.116. The lowest BCUT2D eigenvalue weighted by Crippen LogP contribution is -2.16. The Balaban J connectivity index is 1.68. The van der Waals surface area contributed by atoms with Gasteiger partial charge < -0.3 is 10.3 Å². The van der Waals surface area contributed by atoms with Gasteiger partial charge in [-0.1, -0.05) is 34.1 Å². The molecule has 5 nitrogen and oxygen atoms in total. The minimum Gasteiger partial charge on any atom is -0.326 e. The Bertz CT molecular complexity index is 921. The summed E-state index contributed by atoms with van der Waals surface area (Å²) in [6, 6.07) is 14.5. The molecular weight excluding hydrogens is 358 g/mol. The molecule has 0 aliphatic rings. The van der Waals surface area contributed by atoms with Gasteiger partial charge in [0.1, 0.15) is 5.82 Å². The minimum atomic E-state index is -0.182. The average Bonchev–Trinajstić information content (AvgIpc) is 2.53. The van der Waals surface area contributed by atoms with Gasteiger partial charge in [0.2, 0.25) is 5.91 Å². The number of carbonyl (C=O) groups is 1. The van der Waals surface area contributed by atoms with Gasteiger partial charge in [0, 0.05) is 23.0 Å². The molecule has 1 aromatic heterocycles. The summed E-state index contributed by atoms with van der Waals surface area (Å²) in [7, 11) is 0. The molecule has 0 radical (unpaired) electrons. The van der Waals surface area contributed by atoms with E-state index >= 15 is 0 Å². The second-order valence-corrected chi connectivity index (χ2v) is 6.00. The van der Waals surface area contributed by atoms with Crippen molar-refractivity contribution in [1.29, 1.82) is 0 Å². The zero-order chi connectivity index (χ0) is 16.2. The molecule has 0 atom stereocenters. The maximum atomic E-state index is 12.0. The summed E-state index contributed by atoms with van der Waals surface area (Å²) in [5.41, 5.74) is 1.18. The summed E-state index contributed by atoms with van der Waals surface area (Å²) in [4.78, 5) is 31.1. The molecule has 0 saturated carbocycles. The third kappa shape index (κ3) is 3.84. The van der Waals surface area contributed by atoms with E-state index in [4.69, 9.17) is 0 Å². The maximum absolute atomic E-state index is 12.0. The summed E-state index contributed by atoms with van der Waals surface area (Å²) in [6.07, 6.45) is 0.619. The van der Waals surface area contributed by atoms with Crippen LogP contribution < -0.4 is 10.9 Å². The number of carbonyl (C=O) groups excluding carboxylic acids is 1. The number of para-hydroxylation sites is 1. The number of H-pyrrole nitrogens is 1. The number of nitrogens with one attached hydrogen (secondary N) is 2. The third-order valence-corrected chi connectivity index (χ3v) is 3.85. The molecular formula is C17H14BrN3O2. The van der Waals surface area contributed by atoms with Gasteiger partial charge in [0.15, 0.2) is 0 Å². The van der Waals surface area contributed by atoms with Crippen LogP contribution in [0.3, 0.4) is 0 Å². The smallest absolute Gasteiger partial charge is 0.258 e. The van der Waals surface area contributed by atoms with Crippen molar-refractivity contribution in [2.24, 2.45) is 0 Å². The quantitative estimate of drug-likeness (QED) is 0.738. The summed E-state index contributed by atoms with van der Waals surface area (Å²) < 4.78 is 0.899. The minimum absolute atomic E-state index is 0.126. The summed E-state index contributed by atoms with van der Waals surface area (Å²) >= 11 is 3.36. The molecule has 6 heteroatoms. The van der Waals surface area contributed by atoms with E-state index in [1.165, 1.54) is 0 Å². The number of benzene rings is 2. The molecule has 0 fully saturated rings. The molecule has 2 N–H and O–H groups in total. The highest BCUT2D eigenvalue weighted by Gasteiger charge is 2.07. The zero-order valence-corrected chi connectivity index (χ0v) is 13.8. The lowest BCUT2D eigenvalue weighted by Gasteiger charge is -2.06. The van der Waals surface area contributed by atoms with Crippen LogP contribution in [0.15, 0.2) is 57.8 Å². The Hall–Kier alpha value is -2.47. The Morgan fingerprint density at radius 2 is 2.00 bits per heavy atom. The standard InChI is InChI=1S/C17H14BrN3O2/c18-11-4-3-5-12(10-11)19-16(22)9-8-15-20-14-7-2-1-6-13(14)17(23)21-15/h1-7,10H,8-9H2,(H,19,22)(H,20,21,23). The highest BCUT2D eigenvalue weighted by atomic mass is 79.9. The van der Waals surface area contributed by atoms with Gasteiger partial charge >= 0.3 is 0 Å². The number of halogens is 1. The van der Waals surface area contributed by atoms with Crippen LogP contribution in [0.1, 0.15) is 12.2 Å². The van der Waals surface area contributed by atoms with E-state index in [2.05, 4.69) is 31.2 Å². The number of aromatic amines is 1. The first kappa shape index (κ1) is 15.4. The topological polar surface area (TPSA) is 74.8 Å². The van der Waals surface area contributed by atoms with Crippen LogP contribution in [0.25, 0.3) is 10.9 Å². The van der Waals surface area contributed by atoms with Gasteiger partial charge in [-0.2, -0.15) is 0 Å². The summed E-state index contributed by atoms with van der Waals surface area (Å²) in [5.74, 6) is 0.386. The van der Waals surface area contributed by atoms with Gasteiger partial charge in [0.25, 0.3) is 5.56 Å². The monoisotopic (exact) mass is 371 g/mol. The van der Waals surface area contributed by atoms with Gasteiger partial charge in [-0.3, -0.25) is 9.59 Å². The van der Waals surface area contributed by atoms with Crippen LogP contribution in [0.2, 0.25) is 0 Å². The van der Waals surface area contributed by atoms with E-state index < -0.39 is 0 Å². The maximum Gasteiger partial charge on any atom is 0.258 e. The van der Waals surface area contributed by atoms with Crippen molar-refractivity contribution in [3.8, 4) is 0 Å². The molecule has 2 aromatic carbocycles. The molecule has 0 spiro atoms. The molecule has 1 heterocycles. The van der Waals surface area contributed by atoms with E-state index in [9.17, 15) is 9.59 Å². The zero-order valence-electron chi connectivity index (χ0n) is 12.2. The molecule has 0 unspecified atom stereocenters. The van der Waals surface area contributed by atoms with Crippen LogP contribution >= 0.6 is 15.9 Å². The molecule has 0 aliphatic heterocycles. The van der Waals surface area contributed by atoms with E-state index in [-0.39, 0.29) is 17.9 Å². The van der Waals surface area contributed by atoms with Crippen molar-refractivity contribution in [2.75, 3.05) is 5.32 Å². The average molecular weight is 372 g/mol. The predicted octanol–water partition coefficient (Wildman–Crippen LogP) is 3.26. The van der Waals surface area contributed by atoms with Crippen LogP contribution in [-0.2, 0) is 11.2 Å². The lowest BCUT2D eigenvalue weighted by atomic mass is 10.2. The molecule has 0 aliphatic carbocycles.